The van der Waals surface area contributed by atoms with Gasteiger partial charge in [-0.3, -0.25) is 4.79 Å². The quantitative estimate of drug-likeness (QED) is 0.573. The van der Waals surface area contributed by atoms with Gasteiger partial charge in [0.05, 0.1) is 11.3 Å². The van der Waals surface area contributed by atoms with E-state index >= 15 is 0 Å². The third kappa shape index (κ3) is 2.97. The highest BCUT2D eigenvalue weighted by molar-refractivity contribution is 5.90. The molecule has 6 nitrogen and oxygen atoms in total. The van der Waals surface area contributed by atoms with Crippen molar-refractivity contribution in [2.24, 2.45) is 0 Å². The fraction of sp³-hybridized carbons (Fsp3) is 0.0476. The van der Waals surface area contributed by atoms with Crippen LogP contribution < -0.4 is 10.9 Å². The van der Waals surface area contributed by atoms with E-state index in [1.807, 2.05) is 18.2 Å². The van der Waals surface area contributed by atoms with Crippen molar-refractivity contribution in [2.75, 3.05) is 12.4 Å². The number of anilines is 1. The van der Waals surface area contributed by atoms with E-state index in [2.05, 4.69) is 20.3 Å². The maximum absolute atomic E-state index is 14.9. The van der Waals surface area contributed by atoms with E-state index in [0.717, 1.165) is 5.56 Å². The molecule has 7 heteroatoms. The van der Waals surface area contributed by atoms with Crippen molar-refractivity contribution in [1.29, 1.82) is 5.26 Å². The summed E-state index contributed by atoms with van der Waals surface area (Å²) < 4.78 is 14.9. The zero-order valence-electron chi connectivity index (χ0n) is 14.8. The number of halogens is 1. The van der Waals surface area contributed by atoms with Gasteiger partial charge in [-0.2, -0.15) is 5.26 Å². The number of rotatable bonds is 3. The van der Waals surface area contributed by atoms with Crippen LogP contribution in [-0.4, -0.2) is 22.0 Å². The fourth-order valence-corrected chi connectivity index (χ4v) is 3.04. The van der Waals surface area contributed by atoms with Crippen molar-refractivity contribution >= 4 is 16.9 Å². The Labute approximate surface area is 159 Å². The lowest BCUT2D eigenvalue weighted by Crippen LogP contribution is -2.05. The number of hydrogen-bond donors (Lipinski definition) is 2. The second-order valence-electron chi connectivity index (χ2n) is 6.10. The third-order valence-corrected chi connectivity index (χ3v) is 4.41. The first-order valence-corrected chi connectivity index (χ1v) is 8.48. The number of aromatic amines is 1. The highest BCUT2D eigenvalue weighted by Crippen LogP contribution is 2.35. The van der Waals surface area contributed by atoms with Crippen molar-refractivity contribution in [3.8, 4) is 28.5 Å². The molecule has 1 aromatic carbocycles. The molecule has 136 valence electrons. The van der Waals surface area contributed by atoms with Gasteiger partial charge in [-0.05, 0) is 42.0 Å². The number of pyridine rings is 3. The zero-order chi connectivity index (χ0) is 19.7. The average molecular weight is 371 g/mol. The van der Waals surface area contributed by atoms with E-state index in [-0.39, 0.29) is 16.7 Å². The molecular weight excluding hydrogens is 357 g/mol. The van der Waals surface area contributed by atoms with Gasteiger partial charge in [0, 0.05) is 35.8 Å². The van der Waals surface area contributed by atoms with Crippen LogP contribution in [0.5, 0.6) is 0 Å². The molecule has 4 aromatic rings. The van der Waals surface area contributed by atoms with Crippen LogP contribution in [0.15, 0.2) is 59.5 Å². The Kier molecular flexibility index (Phi) is 4.30. The maximum Gasteiger partial charge on any atom is 0.249 e. The molecule has 0 amide bonds. The van der Waals surface area contributed by atoms with E-state index in [4.69, 9.17) is 0 Å². The Balaban J connectivity index is 2.08. The first kappa shape index (κ1) is 17.4. The highest BCUT2D eigenvalue weighted by Gasteiger charge is 2.17. The van der Waals surface area contributed by atoms with E-state index in [1.165, 1.54) is 12.1 Å². The summed E-state index contributed by atoms with van der Waals surface area (Å²) in [6, 6.07) is 15.0. The number of nitriles is 1. The van der Waals surface area contributed by atoms with Crippen molar-refractivity contribution in [1.82, 2.24) is 15.0 Å². The summed E-state index contributed by atoms with van der Waals surface area (Å²) in [6.07, 6.45) is 1.64. The van der Waals surface area contributed by atoms with Gasteiger partial charge in [0.15, 0.2) is 0 Å². The summed E-state index contributed by atoms with van der Waals surface area (Å²) in [5.74, 6) is -0.00413. The number of nitrogens with zero attached hydrogens (tertiary/aromatic N) is 3. The molecule has 2 N–H and O–H groups in total. The minimum Gasteiger partial charge on any atom is -0.373 e. The Hall–Kier alpha value is -4.05. The van der Waals surface area contributed by atoms with Crippen LogP contribution in [0.1, 0.15) is 5.56 Å². The van der Waals surface area contributed by atoms with E-state index in [0.29, 0.717) is 28.1 Å². The summed E-state index contributed by atoms with van der Waals surface area (Å²) in [4.78, 5) is 23.1. The van der Waals surface area contributed by atoms with E-state index in [9.17, 15) is 14.4 Å². The minimum absolute atomic E-state index is 0.0717. The van der Waals surface area contributed by atoms with Crippen LogP contribution in [0.4, 0.5) is 10.2 Å². The number of H-pyrrole nitrogens is 1. The van der Waals surface area contributed by atoms with Crippen LogP contribution in [0.25, 0.3) is 33.4 Å². The molecule has 0 unspecified atom stereocenters. The normalized spacial score (nSPS) is 10.6. The molecule has 3 aromatic heterocycles. The lowest BCUT2D eigenvalue weighted by atomic mass is 9.97. The predicted octanol–water partition coefficient (Wildman–Crippen LogP) is 3.70. The second-order valence-corrected chi connectivity index (χ2v) is 6.10. The molecule has 4 rings (SSSR count). The van der Waals surface area contributed by atoms with E-state index < -0.39 is 5.82 Å². The summed E-state index contributed by atoms with van der Waals surface area (Å²) in [7, 11) is 1.76. The van der Waals surface area contributed by atoms with Gasteiger partial charge >= 0.3 is 0 Å². The molecule has 0 aliphatic carbocycles. The molecule has 0 saturated carbocycles. The van der Waals surface area contributed by atoms with Gasteiger partial charge in [0.25, 0.3) is 0 Å². The summed E-state index contributed by atoms with van der Waals surface area (Å²) in [5, 5.41) is 12.9. The van der Waals surface area contributed by atoms with Crippen LogP contribution in [0, 0.1) is 17.1 Å². The number of fused-ring (bicyclic) bond motifs is 1. The molecule has 28 heavy (non-hydrogen) atoms. The van der Waals surface area contributed by atoms with Crippen LogP contribution in [0.3, 0.4) is 0 Å². The molecule has 0 aliphatic rings. The number of benzene rings is 1. The summed E-state index contributed by atoms with van der Waals surface area (Å²) in [6.45, 7) is 0. The Morgan fingerprint density at radius 3 is 2.79 bits per heavy atom. The van der Waals surface area contributed by atoms with Crippen molar-refractivity contribution < 1.29 is 4.39 Å². The lowest BCUT2D eigenvalue weighted by Gasteiger charge is -2.13. The van der Waals surface area contributed by atoms with E-state index in [1.54, 1.807) is 37.5 Å². The molecule has 0 atom stereocenters. The minimum atomic E-state index is -0.653. The largest absolute Gasteiger partial charge is 0.373 e. The molecule has 0 radical (unpaired) electrons. The first-order chi connectivity index (χ1) is 13.6. The van der Waals surface area contributed by atoms with Crippen LogP contribution in [0.2, 0.25) is 0 Å². The van der Waals surface area contributed by atoms with Gasteiger partial charge in [0.2, 0.25) is 5.56 Å². The Morgan fingerprint density at radius 2 is 2.00 bits per heavy atom. The van der Waals surface area contributed by atoms with Gasteiger partial charge < -0.3 is 10.3 Å². The SMILES string of the molecule is CNc1cc(-c2cc3ccc(=O)[nH]c3nc2-c2cccc(C#N)c2F)ccn1. The monoisotopic (exact) mass is 371 g/mol. The third-order valence-electron chi connectivity index (χ3n) is 4.41. The molecule has 0 aliphatic heterocycles. The molecule has 0 fully saturated rings. The van der Waals surface area contributed by atoms with Gasteiger partial charge in [0.1, 0.15) is 23.4 Å². The van der Waals surface area contributed by atoms with Crippen LogP contribution >= 0.6 is 0 Å². The second kappa shape index (κ2) is 6.93. The van der Waals surface area contributed by atoms with Gasteiger partial charge in [-0.25, -0.2) is 14.4 Å². The molecule has 0 saturated heterocycles. The topological polar surface area (TPSA) is 94.5 Å². The molecule has 0 bridgehead atoms. The highest BCUT2D eigenvalue weighted by atomic mass is 19.1. The molecule has 3 heterocycles. The van der Waals surface area contributed by atoms with Crippen molar-refractivity contribution in [3.63, 3.8) is 0 Å². The first-order valence-electron chi connectivity index (χ1n) is 8.48. The predicted molar refractivity (Wildman–Crippen MR) is 105 cm³/mol. The standard InChI is InChI=1S/C21H14FN5O/c1-24-17-10-12(7-8-25-17)16-9-13-5-6-18(28)26-21(13)27-20(16)15-4-2-3-14(11-23)19(15)22/h2-10H,1H3,(H,24,25)(H,26,27,28). The average Bonchev–Trinajstić information content (AvgIpc) is 2.73. The van der Waals surface area contributed by atoms with Gasteiger partial charge in [-0.1, -0.05) is 6.07 Å². The number of aromatic nitrogens is 3. The van der Waals surface area contributed by atoms with Crippen LogP contribution in [-0.2, 0) is 0 Å². The number of hydrogen-bond acceptors (Lipinski definition) is 5. The summed E-state index contributed by atoms with van der Waals surface area (Å²) >= 11 is 0. The van der Waals surface area contributed by atoms with Gasteiger partial charge in [-0.15, -0.1) is 0 Å². The summed E-state index contributed by atoms with van der Waals surface area (Å²) in [5.41, 5.74) is 1.92. The van der Waals surface area contributed by atoms with Crippen molar-refractivity contribution in [2.45, 2.75) is 0 Å². The maximum atomic E-state index is 14.9. The Morgan fingerprint density at radius 1 is 1.14 bits per heavy atom. The smallest absolute Gasteiger partial charge is 0.249 e. The zero-order valence-corrected chi connectivity index (χ0v) is 14.8. The Bertz CT molecular complexity index is 1310. The van der Waals surface area contributed by atoms with Crippen molar-refractivity contribution in [3.05, 3.63) is 76.5 Å². The molecular formula is C21H14FN5O. The molecule has 0 spiro atoms. The lowest BCUT2D eigenvalue weighted by molar-refractivity contribution is 0.627. The fourth-order valence-electron chi connectivity index (χ4n) is 3.04. The number of nitrogens with one attached hydrogen (secondary N) is 2.